The molecule has 0 aliphatic carbocycles. The number of hydrogen-bond acceptors (Lipinski definition) is 4. The molecule has 160 valence electrons. The number of piperazine rings is 1. The van der Waals surface area contributed by atoms with E-state index in [9.17, 15) is 9.59 Å². The van der Waals surface area contributed by atoms with E-state index in [-0.39, 0.29) is 11.8 Å². The summed E-state index contributed by atoms with van der Waals surface area (Å²) in [6.45, 7) is 6.31. The van der Waals surface area contributed by atoms with Gasteiger partial charge in [-0.1, -0.05) is 23.8 Å². The molecule has 0 aromatic heterocycles. The van der Waals surface area contributed by atoms with Crippen molar-refractivity contribution in [1.29, 1.82) is 0 Å². The Kier molecular flexibility index (Phi) is 6.98. The standard InChI is InChI=1S/C24H30N2O4/c1-17-5-6-19(18(2)13-17)7-8-23(27)25-9-11-26(12-10-25)24(28)20-14-21(29-3)16-22(15-20)30-4/h5-6,13-16H,7-12H2,1-4H3. The molecule has 0 radical (unpaired) electrons. The van der Waals surface area contributed by atoms with Crippen molar-refractivity contribution in [3.8, 4) is 11.5 Å². The molecule has 1 aliphatic heterocycles. The first kappa shape index (κ1) is 21.7. The lowest BCUT2D eigenvalue weighted by atomic mass is 10.0. The van der Waals surface area contributed by atoms with Gasteiger partial charge in [0.1, 0.15) is 11.5 Å². The van der Waals surface area contributed by atoms with Gasteiger partial charge in [-0.25, -0.2) is 0 Å². The third-order valence-electron chi connectivity index (χ3n) is 5.62. The van der Waals surface area contributed by atoms with E-state index < -0.39 is 0 Å². The Morgan fingerprint density at radius 2 is 1.47 bits per heavy atom. The van der Waals surface area contributed by atoms with Crippen LogP contribution in [0.2, 0.25) is 0 Å². The van der Waals surface area contributed by atoms with Gasteiger partial charge < -0.3 is 19.3 Å². The maximum Gasteiger partial charge on any atom is 0.254 e. The first-order chi connectivity index (χ1) is 14.4. The summed E-state index contributed by atoms with van der Waals surface area (Å²) in [6, 6.07) is 11.5. The van der Waals surface area contributed by atoms with E-state index in [1.165, 1.54) is 16.7 Å². The minimum Gasteiger partial charge on any atom is -0.497 e. The van der Waals surface area contributed by atoms with Crippen molar-refractivity contribution in [3.05, 3.63) is 58.7 Å². The van der Waals surface area contributed by atoms with Gasteiger partial charge in [0.15, 0.2) is 0 Å². The molecule has 0 atom stereocenters. The van der Waals surface area contributed by atoms with E-state index in [1.807, 2.05) is 4.90 Å². The van der Waals surface area contributed by atoms with E-state index in [1.54, 1.807) is 37.3 Å². The number of ether oxygens (including phenoxy) is 2. The van der Waals surface area contributed by atoms with Gasteiger partial charge in [0.25, 0.3) is 5.91 Å². The Balaban J connectivity index is 1.55. The molecular weight excluding hydrogens is 380 g/mol. The molecule has 1 fully saturated rings. The van der Waals surface area contributed by atoms with E-state index in [4.69, 9.17) is 9.47 Å². The highest BCUT2D eigenvalue weighted by atomic mass is 16.5. The zero-order valence-corrected chi connectivity index (χ0v) is 18.2. The number of hydrogen-bond donors (Lipinski definition) is 0. The summed E-state index contributed by atoms with van der Waals surface area (Å²) in [5, 5.41) is 0. The molecule has 6 nitrogen and oxygen atoms in total. The fraction of sp³-hybridized carbons (Fsp3) is 0.417. The summed E-state index contributed by atoms with van der Waals surface area (Å²) in [5.74, 6) is 1.23. The second-order valence-corrected chi connectivity index (χ2v) is 7.70. The minimum atomic E-state index is -0.0745. The largest absolute Gasteiger partial charge is 0.497 e. The lowest BCUT2D eigenvalue weighted by molar-refractivity contribution is -0.132. The minimum absolute atomic E-state index is 0.0745. The number of amides is 2. The molecule has 0 saturated carbocycles. The van der Waals surface area contributed by atoms with Gasteiger partial charge in [0.2, 0.25) is 5.91 Å². The Hall–Kier alpha value is -3.02. The predicted molar refractivity (Wildman–Crippen MR) is 116 cm³/mol. The maximum atomic E-state index is 12.9. The van der Waals surface area contributed by atoms with Crippen LogP contribution in [0.3, 0.4) is 0 Å². The maximum absolute atomic E-state index is 12.9. The SMILES string of the molecule is COc1cc(OC)cc(C(=O)N2CCN(C(=O)CCc3ccc(C)cc3C)CC2)c1. The molecule has 1 heterocycles. The number of carbonyl (C=O) groups excluding carboxylic acids is 2. The summed E-state index contributed by atoms with van der Waals surface area (Å²) >= 11 is 0. The lowest BCUT2D eigenvalue weighted by Gasteiger charge is -2.35. The van der Waals surface area contributed by atoms with Crippen LogP contribution < -0.4 is 9.47 Å². The van der Waals surface area contributed by atoms with Crippen molar-refractivity contribution in [2.24, 2.45) is 0 Å². The predicted octanol–water partition coefficient (Wildman–Crippen LogP) is 3.24. The average molecular weight is 411 g/mol. The number of benzene rings is 2. The van der Waals surface area contributed by atoms with Gasteiger partial charge in [0, 0.05) is 44.2 Å². The summed E-state index contributed by atoms with van der Waals surface area (Å²) < 4.78 is 10.5. The molecular formula is C24H30N2O4. The van der Waals surface area contributed by atoms with Crippen LogP contribution in [0.4, 0.5) is 0 Å². The van der Waals surface area contributed by atoms with Crippen LogP contribution in [-0.2, 0) is 11.2 Å². The Labute approximate surface area is 178 Å². The van der Waals surface area contributed by atoms with E-state index in [0.29, 0.717) is 49.7 Å². The van der Waals surface area contributed by atoms with Crippen LogP contribution >= 0.6 is 0 Å². The molecule has 0 unspecified atom stereocenters. The smallest absolute Gasteiger partial charge is 0.254 e. The average Bonchev–Trinajstić information content (AvgIpc) is 2.77. The van der Waals surface area contributed by atoms with Crippen LogP contribution in [-0.4, -0.2) is 62.0 Å². The fourth-order valence-electron chi connectivity index (χ4n) is 3.80. The van der Waals surface area contributed by atoms with Crippen LogP contribution in [0, 0.1) is 13.8 Å². The Morgan fingerprint density at radius 1 is 0.867 bits per heavy atom. The quantitative estimate of drug-likeness (QED) is 0.734. The highest BCUT2D eigenvalue weighted by Crippen LogP contribution is 2.24. The van der Waals surface area contributed by atoms with Crippen LogP contribution in [0.25, 0.3) is 0 Å². The molecule has 0 bridgehead atoms. The first-order valence-electron chi connectivity index (χ1n) is 10.3. The molecule has 1 saturated heterocycles. The summed E-state index contributed by atoms with van der Waals surface area (Å²) in [4.78, 5) is 29.2. The molecule has 2 aromatic rings. The van der Waals surface area contributed by atoms with Crippen molar-refractivity contribution in [2.75, 3.05) is 40.4 Å². The summed E-state index contributed by atoms with van der Waals surface area (Å²) in [6.07, 6.45) is 1.23. The molecule has 3 rings (SSSR count). The van der Waals surface area contributed by atoms with Gasteiger partial charge in [-0.15, -0.1) is 0 Å². The molecule has 1 aliphatic rings. The zero-order chi connectivity index (χ0) is 21.7. The van der Waals surface area contributed by atoms with Gasteiger partial charge in [-0.05, 0) is 43.5 Å². The molecule has 6 heteroatoms. The van der Waals surface area contributed by atoms with Crippen LogP contribution in [0.1, 0.15) is 33.5 Å². The van der Waals surface area contributed by atoms with Gasteiger partial charge in [0.05, 0.1) is 14.2 Å². The van der Waals surface area contributed by atoms with Crippen LogP contribution in [0.5, 0.6) is 11.5 Å². The lowest BCUT2D eigenvalue weighted by Crippen LogP contribution is -2.50. The molecule has 0 spiro atoms. The fourth-order valence-corrected chi connectivity index (χ4v) is 3.80. The van der Waals surface area contributed by atoms with E-state index in [0.717, 1.165) is 6.42 Å². The number of rotatable bonds is 6. The summed E-state index contributed by atoms with van der Waals surface area (Å²) in [7, 11) is 3.12. The summed E-state index contributed by atoms with van der Waals surface area (Å²) in [5.41, 5.74) is 4.21. The molecule has 2 aromatic carbocycles. The highest BCUT2D eigenvalue weighted by molar-refractivity contribution is 5.95. The monoisotopic (exact) mass is 410 g/mol. The van der Waals surface area contributed by atoms with Crippen molar-refractivity contribution < 1.29 is 19.1 Å². The second-order valence-electron chi connectivity index (χ2n) is 7.70. The Bertz CT molecular complexity index is 895. The first-order valence-corrected chi connectivity index (χ1v) is 10.3. The zero-order valence-electron chi connectivity index (χ0n) is 18.2. The molecule has 2 amide bonds. The van der Waals surface area contributed by atoms with Crippen molar-refractivity contribution in [2.45, 2.75) is 26.7 Å². The topological polar surface area (TPSA) is 59.1 Å². The van der Waals surface area contributed by atoms with Gasteiger partial charge >= 0.3 is 0 Å². The highest BCUT2D eigenvalue weighted by Gasteiger charge is 2.25. The van der Waals surface area contributed by atoms with E-state index in [2.05, 4.69) is 32.0 Å². The van der Waals surface area contributed by atoms with Crippen LogP contribution in [0.15, 0.2) is 36.4 Å². The number of nitrogens with zero attached hydrogens (tertiary/aromatic N) is 2. The normalized spacial score (nSPS) is 13.9. The number of methoxy groups -OCH3 is 2. The van der Waals surface area contributed by atoms with Gasteiger partial charge in [-0.3, -0.25) is 9.59 Å². The third-order valence-corrected chi connectivity index (χ3v) is 5.62. The van der Waals surface area contributed by atoms with E-state index >= 15 is 0 Å². The number of carbonyl (C=O) groups is 2. The number of aryl methyl sites for hydroxylation is 3. The molecule has 30 heavy (non-hydrogen) atoms. The van der Waals surface area contributed by atoms with Crippen molar-refractivity contribution in [1.82, 2.24) is 9.80 Å². The molecule has 0 N–H and O–H groups in total. The van der Waals surface area contributed by atoms with Crippen molar-refractivity contribution in [3.63, 3.8) is 0 Å². The van der Waals surface area contributed by atoms with Crippen molar-refractivity contribution >= 4 is 11.8 Å². The second kappa shape index (κ2) is 9.65. The Morgan fingerprint density at radius 3 is 2.03 bits per heavy atom. The third kappa shape index (κ3) is 5.12. The van der Waals surface area contributed by atoms with Gasteiger partial charge in [-0.2, -0.15) is 0 Å².